The Balaban J connectivity index is 1.08. The summed E-state index contributed by atoms with van der Waals surface area (Å²) in [6.07, 6.45) is 19.3. The van der Waals surface area contributed by atoms with Crippen molar-refractivity contribution in [3.63, 3.8) is 0 Å². The fourth-order valence-electron chi connectivity index (χ4n) is 16.0. The van der Waals surface area contributed by atoms with Gasteiger partial charge in [0.05, 0.1) is 41.8 Å². The van der Waals surface area contributed by atoms with E-state index in [0.717, 1.165) is 69.4 Å². The summed E-state index contributed by atoms with van der Waals surface area (Å²) in [5.74, 6) is 0.771. The molecule has 0 bridgehead atoms. The van der Waals surface area contributed by atoms with E-state index in [2.05, 4.69) is 31.3 Å². The van der Waals surface area contributed by atoms with E-state index in [0.29, 0.717) is 43.9 Å². The minimum absolute atomic E-state index is 0.0184. The third kappa shape index (κ3) is 5.77. The summed E-state index contributed by atoms with van der Waals surface area (Å²) >= 11 is 0. The van der Waals surface area contributed by atoms with Gasteiger partial charge >= 0.3 is 0 Å². The van der Waals surface area contributed by atoms with Crippen LogP contribution in [-0.2, 0) is 9.53 Å². The number of piperidine rings is 1. The van der Waals surface area contributed by atoms with Crippen molar-refractivity contribution in [2.45, 2.75) is 184 Å². The van der Waals surface area contributed by atoms with E-state index in [1.165, 1.54) is 25.7 Å². The van der Waals surface area contributed by atoms with Gasteiger partial charge in [0.1, 0.15) is 5.60 Å². The maximum Gasteiger partial charge on any atom is 0.159 e. The van der Waals surface area contributed by atoms with Gasteiger partial charge in [0.2, 0.25) is 0 Å². The van der Waals surface area contributed by atoms with Crippen LogP contribution in [0.2, 0.25) is 0 Å². The molecule has 9 heteroatoms. The molecule has 0 aromatic carbocycles. The summed E-state index contributed by atoms with van der Waals surface area (Å²) in [6.45, 7) is 7.06. The fraction of sp³-hybridized carbons (Fsp3) is 0.891. The van der Waals surface area contributed by atoms with E-state index in [-0.39, 0.29) is 48.1 Å². The first-order valence-corrected chi connectivity index (χ1v) is 22.8. The molecule has 7 fully saturated rings. The number of carbonyl (C=O) groups is 1. The summed E-state index contributed by atoms with van der Waals surface area (Å²) in [5, 5.41) is 65.8. The minimum Gasteiger partial charge on any atom is -0.390 e. The molecule has 308 valence electrons. The Morgan fingerprint density at radius 3 is 2.47 bits per heavy atom. The molecule has 2 unspecified atom stereocenters. The van der Waals surface area contributed by atoms with Crippen molar-refractivity contribution in [1.82, 2.24) is 5.32 Å². The molecular weight excluding hydrogens is 693 g/mol. The van der Waals surface area contributed by atoms with Crippen LogP contribution in [0.1, 0.15) is 136 Å². The number of ether oxygens (including phenoxy) is 1. The van der Waals surface area contributed by atoms with Crippen LogP contribution in [0.25, 0.3) is 0 Å². The highest BCUT2D eigenvalue weighted by Gasteiger charge is 2.74. The number of nitrogens with one attached hydrogen (secondary N) is 1. The van der Waals surface area contributed by atoms with Crippen molar-refractivity contribution in [3.8, 4) is 0 Å². The number of nitrogens with two attached hydrogens (primary N) is 1. The Morgan fingerprint density at radius 1 is 0.927 bits per heavy atom. The zero-order valence-corrected chi connectivity index (χ0v) is 33.9. The summed E-state index contributed by atoms with van der Waals surface area (Å²) in [7, 11) is 0. The van der Waals surface area contributed by atoms with Crippen molar-refractivity contribution in [3.05, 3.63) is 23.8 Å². The van der Waals surface area contributed by atoms with Gasteiger partial charge in [-0.3, -0.25) is 4.79 Å². The number of carbonyl (C=O) groups excluding carboxylic acids is 1. The lowest BCUT2D eigenvalue weighted by molar-refractivity contribution is -0.253. The zero-order valence-electron chi connectivity index (χ0n) is 33.9. The summed E-state index contributed by atoms with van der Waals surface area (Å²) < 4.78 is 7.05. The highest BCUT2D eigenvalue weighted by Crippen LogP contribution is 2.73. The maximum atomic E-state index is 14.5. The standard InChI is InChI=1S/C46H72N2O7/c1-4-7-26-9-14-30-31-8-5-6-18-46(54,41(31)55-37(30)15-10-26)43(3,52)38-17-19-45(53)33-21-34(49)32-20-35(50)36(51)24-44(32)23-27(29-13-16-39(47)48-25-29)11-12-28(40(33)44)22-42(38,45)2/h11-12,21,26-32,35-41,48,50-54H,4-10,13-20,22-25,47H2,1-3H3/t26-,27+,28+,29?,30-,31-,32+,35-,36+,37-,38-,39?,40+,41-,42-,43-,44+,45+,46-/m1/s1. The molecule has 2 heterocycles. The van der Waals surface area contributed by atoms with Crippen molar-refractivity contribution in [1.29, 1.82) is 0 Å². The monoisotopic (exact) mass is 765 g/mol. The number of hydrogen-bond acceptors (Lipinski definition) is 9. The Bertz CT molecular complexity index is 1540. The molecule has 0 aromatic rings. The molecule has 0 radical (unpaired) electrons. The van der Waals surface area contributed by atoms with Crippen molar-refractivity contribution >= 4 is 5.78 Å². The molecule has 2 saturated heterocycles. The summed E-state index contributed by atoms with van der Waals surface area (Å²) in [6, 6.07) is 0. The lowest BCUT2D eigenvalue weighted by Gasteiger charge is -2.64. The molecule has 2 aliphatic heterocycles. The van der Waals surface area contributed by atoms with Gasteiger partial charge in [-0.15, -0.1) is 0 Å². The molecule has 9 aliphatic rings. The number of ketones is 1. The average molecular weight is 765 g/mol. The number of rotatable bonds is 5. The van der Waals surface area contributed by atoms with Crippen LogP contribution < -0.4 is 11.1 Å². The zero-order chi connectivity index (χ0) is 38.7. The van der Waals surface area contributed by atoms with Gasteiger partial charge in [-0.2, -0.15) is 0 Å². The molecule has 8 N–H and O–H groups in total. The van der Waals surface area contributed by atoms with Crippen LogP contribution in [0, 0.1) is 64.1 Å². The first-order valence-electron chi connectivity index (χ1n) is 22.8. The first-order chi connectivity index (χ1) is 26.2. The minimum atomic E-state index is -1.55. The van der Waals surface area contributed by atoms with Crippen LogP contribution >= 0.6 is 0 Å². The van der Waals surface area contributed by atoms with Crippen molar-refractivity contribution in [2.75, 3.05) is 6.54 Å². The number of aliphatic hydroxyl groups excluding tert-OH is 2. The molecule has 1 spiro atoms. The highest BCUT2D eigenvalue weighted by molar-refractivity contribution is 5.95. The van der Waals surface area contributed by atoms with Crippen LogP contribution in [0.5, 0.6) is 0 Å². The molecule has 9 nitrogen and oxygen atoms in total. The molecular formula is C46H72N2O7. The Kier molecular flexibility index (Phi) is 9.97. The SMILES string of the molecule is CCC[C@@H]1CC[C@@H]2[C@H]3CCCC[C@](O)([C@](C)(O)[C@@H]4CC[C@]5(O)C6=CC(=O)[C@@H]7C[C@@H](O)[C@@H](O)C[C@@]78C[C@@H](C7CCC(N)NC7)C=C[C@@H](C[C@]45C)[C@@H]68)[C@@H]3O[C@@H]2CC1. The van der Waals surface area contributed by atoms with Gasteiger partial charge in [-0.25, -0.2) is 0 Å². The normalized spacial score (nSPS) is 54.6. The predicted octanol–water partition coefficient (Wildman–Crippen LogP) is 5.30. The second kappa shape index (κ2) is 14.0. The number of hydrogen-bond donors (Lipinski definition) is 7. The highest BCUT2D eigenvalue weighted by atomic mass is 16.5. The predicted molar refractivity (Wildman–Crippen MR) is 210 cm³/mol. The summed E-state index contributed by atoms with van der Waals surface area (Å²) in [4.78, 5) is 14.5. The molecule has 19 atom stereocenters. The largest absolute Gasteiger partial charge is 0.390 e. The lowest BCUT2D eigenvalue weighted by Crippen LogP contribution is -2.69. The molecule has 7 aliphatic carbocycles. The van der Waals surface area contributed by atoms with E-state index < -0.39 is 57.8 Å². The van der Waals surface area contributed by atoms with E-state index in [1.54, 1.807) is 6.08 Å². The van der Waals surface area contributed by atoms with E-state index in [4.69, 9.17) is 10.5 Å². The molecule has 0 amide bonds. The van der Waals surface area contributed by atoms with E-state index in [9.17, 15) is 30.3 Å². The van der Waals surface area contributed by atoms with Crippen LogP contribution in [-0.4, -0.2) is 85.2 Å². The number of aliphatic hydroxyl groups is 5. The van der Waals surface area contributed by atoms with Gasteiger partial charge < -0.3 is 41.3 Å². The second-order valence-electron chi connectivity index (χ2n) is 21.2. The van der Waals surface area contributed by atoms with E-state index >= 15 is 0 Å². The number of fused-ring (bicyclic) bond motifs is 5. The van der Waals surface area contributed by atoms with Crippen LogP contribution in [0.15, 0.2) is 23.8 Å². The summed E-state index contributed by atoms with van der Waals surface area (Å²) in [5.41, 5.74) is 1.22. The van der Waals surface area contributed by atoms with Gasteiger partial charge in [0.25, 0.3) is 0 Å². The quantitative estimate of drug-likeness (QED) is 0.184. The Hall–Kier alpha value is -1.17. The van der Waals surface area contributed by atoms with Gasteiger partial charge in [0, 0.05) is 11.3 Å². The van der Waals surface area contributed by atoms with Gasteiger partial charge in [-0.05, 0) is 161 Å². The Morgan fingerprint density at radius 2 is 1.71 bits per heavy atom. The number of allylic oxidation sites excluding steroid dienone is 3. The fourth-order valence-corrected chi connectivity index (χ4v) is 16.0. The Labute approximate surface area is 329 Å². The third-order valence-electron chi connectivity index (χ3n) is 18.8. The second-order valence-corrected chi connectivity index (χ2v) is 21.2. The maximum absolute atomic E-state index is 14.5. The van der Waals surface area contributed by atoms with Crippen LogP contribution in [0.3, 0.4) is 0 Å². The van der Waals surface area contributed by atoms with E-state index in [1.807, 2.05) is 6.92 Å². The van der Waals surface area contributed by atoms with Crippen LogP contribution in [0.4, 0.5) is 0 Å². The first kappa shape index (κ1) is 39.3. The molecule has 5 saturated carbocycles. The lowest BCUT2D eigenvalue weighted by atomic mass is 9.41. The third-order valence-corrected chi connectivity index (χ3v) is 18.8. The molecule has 0 aromatic heterocycles. The average Bonchev–Trinajstić information content (AvgIpc) is 3.38. The smallest absolute Gasteiger partial charge is 0.159 e. The molecule has 55 heavy (non-hydrogen) atoms. The van der Waals surface area contributed by atoms with Gasteiger partial charge in [0.15, 0.2) is 5.78 Å². The van der Waals surface area contributed by atoms with Gasteiger partial charge in [-0.1, -0.05) is 58.1 Å². The van der Waals surface area contributed by atoms with Crippen molar-refractivity contribution < 1.29 is 35.1 Å². The molecule has 9 rings (SSSR count). The van der Waals surface area contributed by atoms with Crippen molar-refractivity contribution in [2.24, 2.45) is 69.8 Å². The topological polar surface area (TPSA) is 166 Å².